The summed E-state index contributed by atoms with van der Waals surface area (Å²) in [6, 6.07) is 3.60. The van der Waals surface area contributed by atoms with Crippen LogP contribution in [0.4, 0.5) is 5.13 Å². The van der Waals surface area contributed by atoms with Crippen LogP contribution in [0, 0.1) is 12.8 Å². The van der Waals surface area contributed by atoms with Crippen molar-refractivity contribution in [3.05, 3.63) is 35.2 Å². The fourth-order valence-corrected chi connectivity index (χ4v) is 3.00. The molecule has 1 aliphatic heterocycles. The molecule has 2 aromatic rings. The maximum absolute atomic E-state index is 12.2. The van der Waals surface area contributed by atoms with E-state index in [1.54, 1.807) is 17.2 Å². The van der Waals surface area contributed by atoms with E-state index in [0.29, 0.717) is 18.2 Å². The fourth-order valence-electron chi connectivity index (χ4n) is 2.31. The highest BCUT2D eigenvalue weighted by Crippen LogP contribution is 2.23. The molecule has 7 heteroatoms. The van der Waals surface area contributed by atoms with Crippen LogP contribution < -0.4 is 5.32 Å². The van der Waals surface area contributed by atoms with Crippen LogP contribution in [0.2, 0.25) is 0 Å². The second-order valence-corrected chi connectivity index (χ2v) is 5.90. The van der Waals surface area contributed by atoms with Crippen LogP contribution in [0.5, 0.6) is 0 Å². The first-order chi connectivity index (χ1) is 10.1. The molecule has 0 bridgehead atoms. The summed E-state index contributed by atoms with van der Waals surface area (Å²) in [5.74, 6) is 0.207. The molecule has 1 aliphatic rings. The number of hydrogen-bond donors (Lipinski definition) is 1. The Morgan fingerprint density at radius 1 is 1.62 bits per heavy atom. The number of nitrogens with one attached hydrogen (secondary N) is 1. The summed E-state index contributed by atoms with van der Waals surface area (Å²) in [6.07, 6.45) is 1.81. The third-order valence-corrected chi connectivity index (χ3v) is 4.24. The molecule has 0 aromatic carbocycles. The summed E-state index contributed by atoms with van der Waals surface area (Å²) in [5, 5.41) is 5.22. The van der Waals surface area contributed by atoms with Crippen molar-refractivity contribution < 1.29 is 14.0 Å². The Morgan fingerprint density at radius 2 is 2.48 bits per heavy atom. The zero-order valence-corrected chi connectivity index (χ0v) is 12.4. The second kappa shape index (κ2) is 5.69. The SMILES string of the molecule is Cc1csc(NC(=O)[C@H]2CC(=O)N(Cc3ccco3)C2)n1. The molecular formula is C14H15N3O3S. The van der Waals surface area contributed by atoms with Gasteiger partial charge in [0, 0.05) is 18.3 Å². The van der Waals surface area contributed by atoms with Gasteiger partial charge in [0.2, 0.25) is 11.8 Å². The second-order valence-electron chi connectivity index (χ2n) is 5.04. The normalized spacial score (nSPS) is 18.2. The van der Waals surface area contributed by atoms with E-state index in [1.807, 2.05) is 18.4 Å². The van der Waals surface area contributed by atoms with E-state index in [1.165, 1.54) is 11.3 Å². The molecule has 6 nitrogen and oxygen atoms in total. The quantitative estimate of drug-likeness (QED) is 0.938. The topological polar surface area (TPSA) is 75.4 Å². The van der Waals surface area contributed by atoms with Gasteiger partial charge in [0.1, 0.15) is 5.76 Å². The van der Waals surface area contributed by atoms with Crippen molar-refractivity contribution in [1.29, 1.82) is 0 Å². The van der Waals surface area contributed by atoms with E-state index in [-0.39, 0.29) is 24.2 Å². The summed E-state index contributed by atoms with van der Waals surface area (Å²) in [4.78, 5) is 30.0. The van der Waals surface area contributed by atoms with E-state index < -0.39 is 0 Å². The number of nitrogens with zero attached hydrogens (tertiary/aromatic N) is 2. The molecule has 0 radical (unpaired) electrons. The molecule has 2 amide bonds. The monoisotopic (exact) mass is 305 g/mol. The molecule has 0 saturated carbocycles. The van der Waals surface area contributed by atoms with Crippen molar-refractivity contribution in [3.63, 3.8) is 0 Å². The minimum atomic E-state index is -0.336. The molecular weight excluding hydrogens is 290 g/mol. The molecule has 0 aliphatic carbocycles. The van der Waals surface area contributed by atoms with Gasteiger partial charge in [-0.25, -0.2) is 4.98 Å². The van der Waals surface area contributed by atoms with Crippen molar-refractivity contribution in [2.75, 3.05) is 11.9 Å². The summed E-state index contributed by atoms with van der Waals surface area (Å²) < 4.78 is 5.24. The molecule has 1 fully saturated rings. The van der Waals surface area contributed by atoms with E-state index in [9.17, 15) is 9.59 Å². The number of amides is 2. The van der Waals surface area contributed by atoms with E-state index in [4.69, 9.17) is 4.42 Å². The van der Waals surface area contributed by atoms with Crippen LogP contribution in [-0.2, 0) is 16.1 Å². The molecule has 1 N–H and O–H groups in total. The molecule has 1 atom stereocenters. The van der Waals surface area contributed by atoms with Gasteiger partial charge in [-0.2, -0.15) is 0 Å². The minimum absolute atomic E-state index is 0.0260. The van der Waals surface area contributed by atoms with Gasteiger partial charge >= 0.3 is 0 Å². The number of hydrogen-bond acceptors (Lipinski definition) is 5. The Hall–Kier alpha value is -2.15. The number of furan rings is 1. The highest BCUT2D eigenvalue weighted by molar-refractivity contribution is 7.13. The van der Waals surface area contributed by atoms with Crippen molar-refractivity contribution in [1.82, 2.24) is 9.88 Å². The van der Waals surface area contributed by atoms with Gasteiger partial charge in [-0.3, -0.25) is 9.59 Å². The first-order valence-corrected chi connectivity index (χ1v) is 7.53. The van der Waals surface area contributed by atoms with E-state index in [2.05, 4.69) is 10.3 Å². The van der Waals surface area contributed by atoms with Gasteiger partial charge in [-0.1, -0.05) is 0 Å². The number of rotatable bonds is 4. The fraction of sp³-hybridized carbons (Fsp3) is 0.357. The predicted octanol–water partition coefficient (Wildman–Crippen LogP) is 2.03. The van der Waals surface area contributed by atoms with Crippen LogP contribution >= 0.6 is 11.3 Å². The van der Waals surface area contributed by atoms with Crippen LogP contribution in [-0.4, -0.2) is 28.2 Å². The van der Waals surface area contributed by atoms with Gasteiger partial charge in [0.15, 0.2) is 5.13 Å². The Morgan fingerprint density at radius 3 is 3.14 bits per heavy atom. The lowest BCUT2D eigenvalue weighted by atomic mass is 10.1. The van der Waals surface area contributed by atoms with E-state index in [0.717, 1.165) is 11.5 Å². The lowest BCUT2D eigenvalue weighted by Crippen LogP contribution is -2.27. The standard InChI is InChI=1S/C14H15N3O3S/c1-9-8-21-14(15-9)16-13(19)10-5-12(18)17(6-10)7-11-3-2-4-20-11/h2-4,8,10H,5-7H2,1H3,(H,15,16,19)/t10-/m0/s1. The lowest BCUT2D eigenvalue weighted by molar-refractivity contribution is -0.128. The largest absolute Gasteiger partial charge is 0.467 e. The summed E-state index contributed by atoms with van der Waals surface area (Å²) in [6.45, 7) is 2.69. The third kappa shape index (κ3) is 3.13. The first-order valence-electron chi connectivity index (χ1n) is 6.65. The van der Waals surface area contributed by atoms with Crippen LogP contribution in [0.3, 0.4) is 0 Å². The summed E-state index contributed by atoms with van der Waals surface area (Å²) in [5.41, 5.74) is 0.872. The lowest BCUT2D eigenvalue weighted by Gasteiger charge is -2.14. The zero-order chi connectivity index (χ0) is 14.8. The molecule has 0 spiro atoms. The number of likely N-dealkylation sites (tertiary alicyclic amines) is 1. The molecule has 3 rings (SSSR count). The van der Waals surface area contributed by atoms with Crippen molar-refractivity contribution in [3.8, 4) is 0 Å². The maximum atomic E-state index is 12.2. The number of carbonyl (C=O) groups excluding carboxylic acids is 2. The van der Waals surface area contributed by atoms with Gasteiger partial charge < -0.3 is 14.6 Å². The number of anilines is 1. The molecule has 1 saturated heterocycles. The van der Waals surface area contributed by atoms with Gasteiger partial charge in [-0.05, 0) is 19.1 Å². The van der Waals surface area contributed by atoms with Crippen molar-refractivity contribution in [2.45, 2.75) is 19.9 Å². The smallest absolute Gasteiger partial charge is 0.231 e. The van der Waals surface area contributed by atoms with Crippen molar-refractivity contribution in [2.24, 2.45) is 5.92 Å². The Balaban J connectivity index is 1.59. The highest BCUT2D eigenvalue weighted by atomic mass is 32.1. The Bertz CT molecular complexity index is 650. The Labute approximate surface area is 125 Å². The van der Waals surface area contributed by atoms with Crippen LogP contribution in [0.25, 0.3) is 0 Å². The van der Waals surface area contributed by atoms with Crippen LogP contribution in [0.1, 0.15) is 17.9 Å². The van der Waals surface area contributed by atoms with Gasteiger partial charge in [-0.15, -0.1) is 11.3 Å². The average molecular weight is 305 g/mol. The van der Waals surface area contributed by atoms with Crippen LogP contribution in [0.15, 0.2) is 28.2 Å². The molecule has 21 heavy (non-hydrogen) atoms. The molecule has 3 heterocycles. The number of aryl methyl sites for hydroxylation is 1. The molecule has 2 aromatic heterocycles. The summed E-state index contributed by atoms with van der Waals surface area (Å²) >= 11 is 1.39. The minimum Gasteiger partial charge on any atom is -0.467 e. The number of carbonyl (C=O) groups is 2. The number of aromatic nitrogens is 1. The summed E-state index contributed by atoms with van der Waals surface area (Å²) in [7, 11) is 0. The van der Waals surface area contributed by atoms with Gasteiger partial charge in [0.25, 0.3) is 0 Å². The zero-order valence-electron chi connectivity index (χ0n) is 11.5. The maximum Gasteiger partial charge on any atom is 0.231 e. The molecule has 0 unspecified atom stereocenters. The predicted molar refractivity (Wildman–Crippen MR) is 77.7 cm³/mol. The van der Waals surface area contributed by atoms with Gasteiger partial charge in [0.05, 0.1) is 24.4 Å². The van der Waals surface area contributed by atoms with E-state index >= 15 is 0 Å². The highest BCUT2D eigenvalue weighted by Gasteiger charge is 2.34. The number of thiazole rings is 1. The third-order valence-electron chi connectivity index (χ3n) is 3.36. The van der Waals surface area contributed by atoms with Crippen molar-refractivity contribution >= 4 is 28.3 Å². The Kier molecular flexibility index (Phi) is 3.74. The average Bonchev–Trinajstić information content (AvgIpc) is 3.15. The first kappa shape index (κ1) is 13.8. The molecule has 110 valence electrons.